The smallest absolute Gasteiger partial charge is 0.343 e. The van der Waals surface area contributed by atoms with Gasteiger partial charge in [0.2, 0.25) is 5.75 Å². The number of ether oxygens (including phenoxy) is 4. The second-order valence-electron chi connectivity index (χ2n) is 6.66. The second-order valence-corrected chi connectivity index (χ2v) is 7.48. The van der Waals surface area contributed by atoms with Crippen molar-refractivity contribution in [3.8, 4) is 23.0 Å². The first-order valence-corrected chi connectivity index (χ1v) is 10.4. The van der Waals surface area contributed by atoms with Gasteiger partial charge < -0.3 is 18.9 Å². The number of allylic oxidation sites excluding steroid dienone is 1. The lowest BCUT2D eigenvalue weighted by Gasteiger charge is -2.13. The average molecular weight is 487 g/mol. The lowest BCUT2D eigenvalue weighted by Crippen LogP contribution is -2.10. The fourth-order valence-electron chi connectivity index (χ4n) is 2.98. The molecule has 33 heavy (non-hydrogen) atoms. The van der Waals surface area contributed by atoms with Crippen LogP contribution in [0.5, 0.6) is 23.0 Å². The molecule has 170 valence electrons. The third kappa shape index (κ3) is 5.66. The molecular weight excluding hydrogens is 467 g/mol. The Morgan fingerprint density at radius 2 is 1.36 bits per heavy atom. The fourth-order valence-corrected chi connectivity index (χ4v) is 3.50. The molecule has 6 nitrogen and oxygen atoms in total. The van der Waals surface area contributed by atoms with Gasteiger partial charge in [-0.15, -0.1) is 0 Å². The zero-order chi connectivity index (χ0) is 24.0. The second kappa shape index (κ2) is 10.9. The highest BCUT2D eigenvalue weighted by molar-refractivity contribution is 6.37. The summed E-state index contributed by atoms with van der Waals surface area (Å²) in [4.78, 5) is 25.1. The summed E-state index contributed by atoms with van der Waals surface area (Å²) >= 11 is 12.2. The molecular formula is C25H20Cl2O6. The van der Waals surface area contributed by atoms with Gasteiger partial charge in [-0.25, -0.2) is 4.79 Å². The monoisotopic (exact) mass is 486 g/mol. The number of methoxy groups -OCH3 is 3. The summed E-state index contributed by atoms with van der Waals surface area (Å²) in [6.07, 6.45) is 2.94. The molecule has 0 heterocycles. The first kappa shape index (κ1) is 24.2. The Morgan fingerprint density at radius 3 is 1.88 bits per heavy atom. The van der Waals surface area contributed by atoms with Gasteiger partial charge in [-0.2, -0.15) is 0 Å². The summed E-state index contributed by atoms with van der Waals surface area (Å²) in [6.45, 7) is 0. The molecule has 0 radical (unpaired) electrons. The number of rotatable bonds is 8. The van der Waals surface area contributed by atoms with E-state index in [2.05, 4.69) is 0 Å². The maximum absolute atomic E-state index is 12.6. The molecule has 3 aromatic rings. The van der Waals surface area contributed by atoms with Gasteiger partial charge >= 0.3 is 5.97 Å². The standard InChI is InChI=1S/C25H20Cl2O6/c1-30-22-13-16(14-23(31-2)24(22)32-3)25(29)33-17-9-7-15(8-10-17)21(28)12-11-18-19(26)5-4-6-20(18)27/h4-14H,1-3H3. The van der Waals surface area contributed by atoms with Gasteiger partial charge in [0.15, 0.2) is 17.3 Å². The minimum atomic E-state index is -0.624. The molecule has 0 aliphatic heterocycles. The van der Waals surface area contributed by atoms with Crippen molar-refractivity contribution < 1.29 is 28.5 Å². The first-order valence-electron chi connectivity index (χ1n) is 9.66. The Bertz CT molecular complexity index is 1160. The highest BCUT2D eigenvalue weighted by Gasteiger charge is 2.18. The van der Waals surface area contributed by atoms with E-state index in [0.29, 0.717) is 38.4 Å². The largest absolute Gasteiger partial charge is 0.493 e. The van der Waals surface area contributed by atoms with Gasteiger partial charge in [-0.1, -0.05) is 29.3 Å². The predicted molar refractivity (Wildman–Crippen MR) is 127 cm³/mol. The number of carbonyl (C=O) groups excluding carboxylic acids is 2. The highest BCUT2D eigenvalue weighted by atomic mass is 35.5. The van der Waals surface area contributed by atoms with E-state index in [1.807, 2.05) is 0 Å². The highest BCUT2D eigenvalue weighted by Crippen LogP contribution is 2.38. The van der Waals surface area contributed by atoms with Crippen molar-refractivity contribution >= 4 is 41.0 Å². The van der Waals surface area contributed by atoms with Gasteiger partial charge in [0.25, 0.3) is 0 Å². The normalized spacial score (nSPS) is 10.7. The summed E-state index contributed by atoms with van der Waals surface area (Å²) in [6, 6.07) is 14.3. The maximum Gasteiger partial charge on any atom is 0.343 e. The maximum atomic E-state index is 12.6. The molecule has 3 rings (SSSR count). The van der Waals surface area contributed by atoms with E-state index in [9.17, 15) is 9.59 Å². The van der Waals surface area contributed by atoms with Crippen molar-refractivity contribution in [3.63, 3.8) is 0 Å². The Balaban J connectivity index is 1.74. The number of ketones is 1. The van der Waals surface area contributed by atoms with E-state index in [-0.39, 0.29) is 17.1 Å². The molecule has 0 saturated heterocycles. The number of carbonyl (C=O) groups is 2. The molecule has 3 aromatic carbocycles. The Hall–Kier alpha value is -3.48. The van der Waals surface area contributed by atoms with Crippen LogP contribution in [0.15, 0.2) is 60.7 Å². The van der Waals surface area contributed by atoms with Gasteiger partial charge in [-0.3, -0.25) is 4.79 Å². The number of hydrogen-bond donors (Lipinski definition) is 0. The van der Waals surface area contributed by atoms with Crippen LogP contribution in [0.1, 0.15) is 26.3 Å². The van der Waals surface area contributed by atoms with Gasteiger partial charge in [-0.05, 0) is 60.7 Å². The molecule has 0 bridgehead atoms. The Morgan fingerprint density at radius 1 is 0.788 bits per heavy atom. The number of halogens is 2. The van der Waals surface area contributed by atoms with Crippen LogP contribution >= 0.6 is 23.2 Å². The summed E-state index contributed by atoms with van der Waals surface area (Å²) in [5.74, 6) is 0.411. The molecule has 0 amide bonds. The van der Waals surface area contributed by atoms with E-state index in [1.165, 1.54) is 51.7 Å². The quantitative estimate of drug-likeness (QED) is 0.165. The summed E-state index contributed by atoms with van der Waals surface area (Å²) < 4.78 is 21.2. The topological polar surface area (TPSA) is 71.1 Å². The van der Waals surface area contributed by atoms with E-state index in [1.54, 1.807) is 36.4 Å². The fraction of sp³-hybridized carbons (Fsp3) is 0.120. The molecule has 0 spiro atoms. The molecule has 8 heteroatoms. The Kier molecular flexibility index (Phi) is 7.98. The molecule has 0 atom stereocenters. The van der Waals surface area contributed by atoms with Gasteiger partial charge in [0.1, 0.15) is 5.75 Å². The van der Waals surface area contributed by atoms with Crippen molar-refractivity contribution in [2.24, 2.45) is 0 Å². The van der Waals surface area contributed by atoms with Gasteiger partial charge in [0, 0.05) is 21.2 Å². The zero-order valence-electron chi connectivity index (χ0n) is 18.1. The van der Waals surface area contributed by atoms with Crippen molar-refractivity contribution in [1.82, 2.24) is 0 Å². The van der Waals surface area contributed by atoms with Crippen LogP contribution in [0.2, 0.25) is 10.0 Å². The van der Waals surface area contributed by atoms with Crippen molar-refractivity contribution in [3.05, 3.63) is 87.4 Å². The summed E-state index contributed by atoms with van der Waals surface area (Å²) in [5.41, 5.74) is 1.18. The first-order chi connectivity index (χ1) is 15.9. The molecule has 0 aromatic heterocycles. The van der Waals surface area contributed by atoms with Crippen LogP contribution in [0.25, 0.3) is 6.08 Å². The summed E-state index contributed by atoms with van der Waals surface area (Å²) in [7, 11) is 4.38. The molecule has 0 saturated carbocycles. The Labute approximate surface area is 201 Å². The third-order valence-electron chi connectivity index (χ3n) is 4.65. The predicted octanol–water partition coefficient (Wildman–Crippen LogP) is 6.13. The van der Waals surface area contributed by atoms with E-state index in [4.69, 9.17) is 42.1 Å². The molecule has 0 N–H and O–H groups in total. The van der Waals surface area contributed by atoms with E-state index >= 15 is 0 Å². The van der Waals surface area contributed by atoms with Crippen LogP contribution in [-0.2, 0) is 0 Å². The van der Waals surface area contributed by atoms with Crippen molar-refractivity contribution in [2.45, 2.75) is 0 Å². The van der Waals surface area contributed by atoms with E-state index < -0.39 is 5.97 Å². The molecule has 0 aliphatic carbocycles. The van der Waals surface area contributed by atoms with Crippen LogP contribution in [0.3, 0.4) is 0 Å². The van der Waals surface area contributed by atoms with Crippen molar-refractivity contribution in [2.75, 3.05) is 21.3 Å². The number of benzene rings is 3. The number of esters is 1. The third-order valence-corrected chi connectivity index (χ3v) is 5.31. The number of hydrogen-bond acceptors (Lipinski definition) is 6. The lowest BCUT2D eigenvalue weighted by atomic mass is 10.1. The SMILES string of the molecule is COc1cc(C(=O)Oc2ccc(C(=O)C=Cc3c(Cl)cccc3Cl)cc2)cc(OC)c1OC. The minimum absolute atomic E-state index is 0.212. The minimum Gasteiger partial charge on any atom is -0.493 e. The van der Waals surface area contributed by atoms with Gasteiger partial charge in [0.05, 0.1) is 26.9 Å². The van der Waals surface area contributed by atoms with Crippen LogP contribution in [0.4, 0.5) is 0 Å². The lowest BCUT2D eigenvalue weighted by molar-refractivity contribution is 0.0733. The van der Waals surface area contributed by atoms with E-state index in [0.717, 1.165) is 0 Å². The van der Waals surface area contributed by atoms with Crippen LogP contribution < -0.4 is 18.9 Å². The molecule has 0 fully saturated rings. The average Bonchev–Trinajstić information content (AvgIpc) is 2.82. The zero-order valence-corrected chi connectivity index (χ0v) is 19.6. The van der Waals surface area contributed by atoms with Crippen LogP contribution in [-0.4, -0.2) is 33.1 Å². The van der Waals surface area contributed by atoms with Crippen molar-refractivity contribution in [1.29, 1.82) is 0 Å². The van der Waals surface area contributed by atoms with Crippen LogP contribution in [0, 0.1) is 0 Å². The molecule has 0 aliphatic rings. The molecule has 0 unspecified atom stereocenters. The summed E-state index contributed by atoms with van der Waals surface area (Å²) in [5, 5.41) is 0.890.